The monoisotopic (exact) mass is 1040 g/mol. The summed E-state index contributed by atoms with van der Waals surface area (Å²) in [6.45, 7) is 35.4. The Kier molecular flexibility index (Phi) is 9.83. The third-order valence-corrected chi connectivity index (χ3v) is 23.7. The van der Waals surface area contributed by atoms with Gasteiger partial charge in [0.1, 0.15) is 0 Å². The van der Waals surface area contributed by atoms with E-state index >= 15 is 0 Å². The second kappa shape index (κ2) is 15.6. The quantitative estimate of drug-likeness (QED) is 0.163. The number of hydrogen-bond donors (Lipinski definition) is 0. The van der Waals surface area contributed by atoms with Crippen molar-refractivity contribution in [2.24, 2.45) is 0 Å². The van der Waals surface area contributed by atoms with Gasteiger partial charge < -0.3 is 14.7 Å². The minimum atomic E-state index is -0.123. The van der Waals surface area contributed by atoms with Gasteiger partial charge in [0, 0.05) is 60.7 Å². The van der Waals surface area contributed by atoms with Crippen molar-refractivity contribution in [1.29, 1.82) is 0 Å². The fourth-order valence-corrected chi connectivity index (χ4v) is 19.1. The standard InChI is InChI=1S/C73H80BN3S/c1-66(2)32-33-67(3,4)50-36-44(28-29-48(50)66)75-59-41-53-51(68(5,6)34-35-69(53,7)8)39-55(59)74-56-40-52-54(71(11,12)43-70(52,9)10)42-60(56)76(58-26-21-23-47-46-22-15-18-27-63(46)78-65(47)58)62-38-45(37-61(75)64(62)74)77-57-25-17-16-24-49(57)72(13)30-19-20-31-73(72,77)14/h15-18,21-29,36-42H,19-20,30-35,43H2,1-14H3. The summed E-state index contributed by atoms with van der Waals surface area (Å²) >= 11 is 1.97. The maximum Gasteiger partial charge on any atom is 0.252 e. The summed E-state index contributed by atoms with van der Waals surface area (Å²) in [7, 11) is 0. The number of benzene rings is 7. The molecule has 0 radical (unpaired) electrons. The molecule has 3 aliphatic heterocycles. The number of fused-ring (bicyclic) bond motifs is 13. The third-order valence-electron chi connectivity index (χ3n) is 22.5. The highest BCUT2D eigenvalue weighted by atomic mass is 32.1. The van der Waals surface area contributed by atoms with Crippen LogP contribution in [0.4, 0.5) is 45.5 Å². The number of hydrogen-bond acceptors (Lipinski definition) is 4. The van der Waals surface area contributed by atoms with Crippen LogP contribution in [0, 0.1) is 0 Å². The van der Waals surface area contributed by atoms with Crippen LogP contribution in [-0.2, 0) is 37.9 Å². The number of anilines is 8. The molecule has 396 valence electrons. The molecule has 0 saturated heterocycles. The summed E-state index contributed by atoms with van der Waals surface area (Å²) in [5.41, 5.74) is 25.6. The minimum Gasteiger partial charge on any atom is -0.334 e. The van der Waals surface area contributed by atoms with Crippen LogP contribution in [0.3, 0.4) is 0 Å². The van der Waals surface area contributed by atoms with Crippen LogP contribution in [0.1, 0.15) is 194 Å². The summed E-state index contributed by atoms with van der Waals surface area (Å²) < 4.78 is 2.70. The normalized spacial score (nSPS) is 24.7. The van der Waals surface area contributed by atoms with Crippen LogP contribution in [0.15, 0.2) is 121 Å². The summed E-state index contributed by atoms with van der Waals surface area (Å²) in [5, 5.41) is 2.68. The Balaban J connectivity index is 1.12. The summed E-state index contributed by atoms with van der Waals surface area (Å²) in [4.78, 5) is 8.46. The first-order valence-electron chi connectivity index (χ1n) is 30.0. The Hall–Kier alpha value is -5.78. The van der Waals surface area contributed by atoms with Crippen LogP contribution in [-0.4, -0.2) is 12.3 Å². The molecular formula is C73H80BN3S. The fourth-order valence-electron chi connectivity index (χ4n) is 17.9. The summed E-state index contributed by atoms with van der Waals surface area (Å²) in [6.07, 6.45) is 10.7. The van der Waals surface area contributed by atoms with Gasteiger partial charge in [-0.1, -0.05) is 170 Å². The molecule has 0 bridgehead atoms. The van der Waals surface area contributed by atoms with Gasteiger partial charge in [0.05, 0.1) is 15.9 Å². The molecule has 0 amide bonds. The molecule has 1 aromatic heterocycles. The third kappa shape index (κ3) is 6.40. The molecule has 15 rings (SSSR count). The molecule has 78 heavy (non-hydrogen) atoms. The second-order valence-electron chi connectivity index (χ2n) is 30.0. The Morgan fingerprint density at radius 2 is 0.910 bits per heavy atom. The smallest absolute Gasteiger partial charge is 0.252 e. The summed E-state index contributed by atoms with van der Waals surface area (Å²) in [5.74, 6) is 0. The van der Waals surface area contributed by atoms with E-state index in [0.29, 0.717) is 0 Å². The molecule has 2 atom stereocenters. The van der Waals surface area contributed by atoms with Crippen molar-refractivity contribution in [3.63, 3.8) is 0 Å². The Bertz CT molecular complexity index is 3940. The maximum atomic E-state index is 2.86. The van der Waals surface area contributed by atoms with E-state index in [1.807, 2.05) is 11.3 Å². The molecule has 1 fully saturated rings. The lowest BCUT2D eigenvalue weighted by molar-refractivity contribution is 0.195. The highest BCUT2D eigenvalue weighted by Crippen LogP contribution is 2.63. The molecule has 7 aromatic carbocycles. The van der Waals surface area contributed by atoms with Crippen LogP contribution in [0.2, 0.25) is 0 Å². The highest BCUT2D eigenvalue weighted by Gasteiger charge is 2.58. The van der Waals surface area contributed by atoms with Gasteiger partial charge in [0.25, 0.3) is 6.71 Å². The lowest BCUT2D eigenvalue weighted by Gasteiger charge is -2.51. The van der Waals surface area contributed by atoms with E-state index in [1.165, 1.54) is 166 Å². The molecule has 0 spiro atoms. The van der Waals surface area contributed by atoms with E-state index in [4.69, 9.17) is 0 Å². The Morgan fingerprint density at radius 3 is 1.60 bits per heavy atom. The van der Waals surface area contributed by atoms with Crippen molar-refractivity contribution in [3.05, 3.63) is 160 Å². The average Bonchev–Trinajstić information content (AvgIpc) is 2.87. The first kappa shape index (κ1) is 49.3. The van der Waals surface area contributed by atoms with Crippen molar-refractivity contribution in [2.45, 2.75) is 198 Å². The van der Waals surface area contributed by atoms with Crippen molar-refractivity contribution in [2.75, 3.05) is 14.7 Å². The largest absolute Gasteiger partial charge is 0.334 e. The average molecular weight is 1040 g/mol. The van der Waals surface area contributed by atoms with Crippen molar-refractivity contribution in [1.82, 2.24) is 0 Å². The van der Waals surface area contributed by atoms with Gasteiger partial charge in [-0.2, -0.15) is 0 Å². The zero-order valence-corrected chi connectivity index (χ0v) is 50.1. The van der Waals surface area contributed by atoms with Gasteiger partial charge in [-0.3, -0.25) is 0 Å². The molecule has 7 aliphatic rings. The number of para-hydroxylation sites is 1. The molecule has 8 aromatic rings. The SMILES string of the molecule is CC1(C)CCC(C)(C)c2cc(N3c4cc5c(cc4B4c6cc7c(cc6N(c6cccc8c6sc6ccccc68)c6cc(N8c9ccccc9C9(C)CCCCC89C)cc3c64)C(C)(C)CC7(C)C)C(C)(C)CCC5(C)C)ccc21. The van der Waals surface area contributed by atoms with Gasteiger partial charge in [0.15, 0.2) is 0 Å². The van der Waals surface area contributed by atoms with E-state index in [2.05, 4.69) is 233 Å². The molecule has 2 unspecified atom stereocenters. The van der Waals surface area contributed by atoms with Crippen LogP contribution in [0.5, 0.6) is 0 Å². The fraction of sp³-hybridized carbons (Fsp3) is 0.425. The van der Waals surface area contributed by atoms with Gasteiger partial charge >= 0.3 is 0 Å². The number of nitrogens with zero attached hydrogens (tertiary/aromatic N) is 3. The molecular weight excluding hydrogens is 962 g/mol. The Labute approximate surface area is 470 Å². The van der Waals surface area contributed by atoms with E-state index in [-0.39, 0.29) is 50.2 Å². The zero-order valence-electron chi connectivity index (χ0n) is 49.2. The maximum absolute atomic E-state index is 2.86. The minimum absolute atomic E-state index is 0.00598. The second-order valence-corrected chi connectivity index (χ2v) is 31.1. The van der Waals surface area contributed by atoms with Gasteiger partial charge in [0.2, 0.25) is 0 Å². The predicted molar refractivity (Wildman–Crippen MR) is 337 cm³/mol. The van der Waals surface area contributed by atoms with Gasteiger partial charge in [-0.05, 0) is 194 Å². The summed E-state index contributed by atoms with van der Waals surface area (Å²) in [6, 6.07) is 49.8. The van der Waals surface area contributed by atoms with E-state index in [9.17, 15) is 0 Å². The van der Waals surface area contributed by atoms with Gasteiger partial charge in [-0.15, -0.1) is 11.3 Å². The topological polar surface area (TPSA) is 9.72 Å². The van der Waals surface area contributed by atoms with Crippen molar-refractivity contribution in [3.8, 4) is 0 Å². The van der Waals surface area contributed by atoms with E-state index in [0.717, 1.165) is 12.8 Å². The first-order chi connectivity index (χ1) is 36.9. The first-order valence-corrected chi connectivity index (χ1v) is 30.8. The van der Waals surface area contributed by atoms with Crippen molar-refractivity contribution < 1.29 is 0 Å². The lowest BCUT2D eigenvalue weighted by Crippen LogP contribution is -2.62. The van der Waals surface area contributed by atoms with E-state index < -0.39 is 0 Å². The highest BCUT2D eigenvalue weighted by molar-refractivity contribution is 7.26. The molecule has 4 aliphatic carbocycles. The van der Waals surface area contributed by atoms with Crippen LogP contribution >= 0.6 is 11.3 Å². The lowest BCUT2D eigenvalue weighted by atomic mass is 9.33. The number of thiophene rings is 1. The number of rotatable bonds is 3. The van der Waals surface area contributed by atoms with E-state index in [1.54, 1.807) is 0 Å². The van der Waals surface area contributed by atoms with Crippen LogP contribution in [0.25, 0.3) is 20.2 Å². The Morgan fingerprint density at radius 1 is 0.385 bits per heavy atom. The van der Waals surface area contributed by atoms with Gasteiger partial charge in [-0.25, -0.2) is 0 Å². The zero-order chi connectivity index (χ0) is 54.2. The van der Waals surface area contributed by atoms with Crippen LogP contribution < -0.4 is 31.1 Å². The molecule has 5 heteroatoms. The molecule has 3 nitrogen and oxygen atoms in total. The molecule has 4 heterocycles. The molecule has 0 N–H and O–H groups in total. The predicted octanol–water partition coefficient (Wildman–Crippen LogP) is 18.5. The van der Waals surface area contributed by atoms with Crippen molar-refractivity contribution >= 4 is 100 Å². The molecule has 1 saturated carbocycles.